The molecule has 0 fully saturated rings. The van der Waals surface area contributed by atoms with E-state index in [-0.39, 0.29) is 6.61 Å². The average molecular weight is 213 g/mol. The van der Waals surface area contributed by atoms with Gasteiger partial charge in [0.25, 0.3) is 0 Å². The Morgan fingerprint density at radius 2 is 1.88 bits per heavy atom. The number of benzene rings is 2. The van der Waals surface area contributed by atoms with Crippen molar-refractivity contribution in [2.24, 2.45) is 0 Å². The first-order chi connectivity index (χ1) is 7.85. The predicted octanol–water partition coefficient (Wildman–Crippen LogP) is 2.89. The molecule has 82 valence electrons. The van der Waals surface area contributed by atoms with E-state index in [9.17, 15) is 0 Å². The van der Waals surface area contributed by atoms with Crippen LogP contribution in [0.1, 0.15) is 5.56 Å². The predicted molar refractivity (Wildman–Crippen MR) is 67.3 cm³/mol. The zero-order chi connectivity index (χ0) is 11.4. The van der Waals surface area contributed by atoms with Crippen LogP contribution in [0.4, 0.5) is 5.69 Å². The summed E-state index contributed by atoms with van der Waals surface area (Å²) in [6.07, 6.45) is 0. The molecule has 2 N–H and O–H groups in total. The highest BCUT2D eigenvalue weighted by atomic mass is 16.3. The quantitative estimate of drug-likeness (QED) is 0.821. The van der Waals surface area contributed by atoms with E-state index in [0.717, 1.165) is 22.4 Å². The van der Waals surface area contributed by atoms with Crippen LogP contribution in [0.3, 0.4) is 0 Å². The van der Waals surface area contributed by atoms with E-state index in [0.29, 0.717) is 0 Å². The molecule has 2 rings (SSSR count). The molecule has 0 aliphatic heterocycles. The molecule has 2 heteroatoms. The van der Waals surface area contributed by atoms with E-state index in [4.69, 9.17) is 5.11 Å². The van der Waals surface area contributed by atoms with E-state index >= 15 is 0 Å². The Labute approximate surface area is 95.6 Å². The van der Waals surface area contributed by atoms with Gasteiger partial charge in [0, 0.05) is 18.3 Å². The third kappa shape index (κ3) is 2.07. The van der Waals surface area contributed by atoms with Crippen LogP contribution in [0, 0.1) is 0 Å². The first-order valence-corrected chi connectivity index (χ1v) is 5.32. The normalized spacial score (nSPS) is 10.1. The molecule has 2 aromatic rings. The fourth-order valence-electron chi connectivity index (χ4n) is 1.79. The lowest BCUT2D eigenvalue weighted by molar-refractivity contribution is 0.282. The van der Waals surface area contributed by atoms with Gasteiger partial charge in [0.2, 0.25) is 0 Å². The Kier molecular flexibility index (Phi) is 3.22. The van der Waals surface area contributed by atoms with Crippen molar-refractivity contribution in [1.29, 1.82) is 0 Å². The third-order valence-corrected chi connectivity index (χ3v) is 2.62. The van der Waals surface area contributed by atoms with Crippen molar-refractivity contribution in [2.45, 2.75) is 6.61 Å². The molecule has 2 aromatic carbocycles. The van der Waals surface area contributed by atoms with Gasteiger partial charge in [-0.1, -0.05) is 36.4 Å². The zero-order valence-corrected chi connectivity index (χ0v) is 9.27. The average Bonchev–Trinajstić information content (AvgIpc) is 2.38. The van der Waals surface area contributed by atoms with E-state index in [2.05, 4.69) is 17.4 Å². The highest BCUT2D eigenvalue weighted by Gasteiger charge is 2.03. The zero-order valence-electron chi connectivity index (χ0n) is 9.27. The lowest BCUT2D eigenvalue weighted by Gasteiger charge is -2.09. The van der Waals surface area contributed by atoms with Gasteiger partial charge in [-0.3, -0.25) is 0 Å². The minimum absolute atomic E-state index is 0.0789. The molecule has 0 radical (unpaired) electrons. The maximum Gasteiger partial charge on any atom is 0.0682 e. The Balaban J connectivity index is 2.49. The van der Waals surface area contributed by atoms with E-state index in [1.54, 1.807) is 0 Å². The van der Waals surface area contributed by atoms with Crippen LogP contribution in [0.2, 0.25) is 0 Å². The third-order valence-electron chi connectivity index (χ3n) is 2.62. The molecular formula is C14H15NO. The number of hydrogen-bond donors (Lipinski definition) is 2. The summed E-state index contributed by atoms with van der Waals surface area (Å²) in [7, 11) is 1.91. The van der Waals surface area contributed by atoms with E-state index in [1.165, 1.54) is 0 Å². The van der Waals surface area contributed by atoms with E-state index in [1.807, 2.05) is 43.4 Å². The van der Waals surface area contributed by atoms with Gasteiger partial charge in [-0.05, 0) is 23.3 Å². The van der Waals surface area contributed by atoms with Crippen LogP contribution in [0.15, 0.2) is 48.5 Å². The smallest absolute Gasteiger partial charge is 0.0682 e. The number of nitrogens with one attached hydrogen (secondary N) is 1. The second-order valence-electron chi connectivity index (χ2n) is 3.65. The molecule has 0 aliphatic carbocycles. The number of hydrogen-bond acceptors (Lipinski definition) is 2. The summed E-state index contributed by atoms with van der Waals surface area (Å²) in [6.45, 7) is 0.0789. The molecule has 0 spiro atoms. The minimum Gasteiger partial charge on any atom is -0.392 e. The number of anilines is 1. The summed E-state index contributed by atoms with van der Waals surface area (Å²) in [4.78, 5) is 0. The second-order valence-corrected chi connectivity index (χ2v) is 3.65. The molecule has 0 saturated carbocycles. The first-order valence-electron chi connectivity index (χ1n) is 5.32. The van der Waals surface area contributed by atoms with Crippen molar-refractivity contribution in [3.63, 3.8) is 0 Å². The van der Waals surface area contributed by atoms with Crippen LogP contribution in [-0.2, 0) is 6.61 Å². The van der Waals surface area contributed by atoms with Crippen LogP contribution in [-0.4, -0.2) is 12.2 Å². The summed E-state index contributed by atoms with van der Waals surface area (Å²) in [5.41, 5.74) is 4.30. The minimum atomic E-state index is 0.0789. The lowest BCUT2D eigenvalue weighted by atomic mass is 10.0. The molecule has 0 bridgehead atoms. The monoisotopic (exact) mass is 213 g/mol. The van der Waals surface area contributed by atoms with Gasteiger partial charge in [-0.2, -0.15) is 0 Å². The fraction of sp³-hybridized carbons (Fsp3) is 0.143. The summed E-state index contributed by atoms with van der Waals surface area (Å²) in [6, 6.07) is 16.1. The van der Waals surface area contributed by atoms with Gasteiger partial charge in [0.05, 0.1) is 6.61 Å². The number of para-hydroxylation sites is 1. The number of rotatable bonds is 3. The van der Waals surface area contributed by atoms with Gasteiger partial charge in [0.1, 0.15) is 0 Å². The van der Waals surface area contributed by atoms with Crippen molar-refractivity contribution >= 4 is 5.69 Å². The molecule has 2 nitrogen and oxygen atoms in total. The fourth-order valence-corrected chi connectivity index (χ4v) is 1.79. The first kappa shape index (κ1) is 10.7. The van der Waals surface area contributed by atoms with Crippen molar-refractivity contribution in [3.05, 3.63) is 54.1 Å². The van der Waals surface area contributed by atoms with Crippen LogP contribution in [0.5, 0.6) is 0 Å². The Morgan fingerprint density at radius 3 is 2.62 bits per heavy atom. The molecule has 0 amide bonds. The number of aliphatic hydroxyl groups excluding tert-OH is 1. The highest BCUT2D eigenvalue weighted by molar-refractivity contribution is 5.77. The Morgan fingerprint density at radius 1 is 1.06 bits per heavy atom. The van der Waals surface area contributed by atoms with Gasteiger partial charge in [-0.15, -0.1) is 0 Å². The molecule has 0 aliphatic rings. The summed E-state index contributed by atoms with van der Waals surface area (Å²) in [5, 5.41) is 12.3. The highest BCUT2D eigenvalue weighted by Crippen LogP contribution is 2.27. The van der Waals surface area contributed by atoms with Gasteiger partial charge < -0.3 is 10.4 Å². The van der Waals surface area contributed by atoms with Gasteiger partial charge in [0.15, 0.2) is 0 Å². The molecule has 0 aromatic heterocycles. The molecule has 0 atom stereocenters. The van der Waals surface area contributed by atoms with Crippen molar-refractivity contribution < 1.29 is 5.11 Å². The second kappa shape index (κ2) is 4.81. The molecule has 0 unspecified atom stereocenters. The SMILES string of the molecule is CNc1ccccc1-c1cccc(CO)c1. The van der Waals surface area contributed by atoms with Crippen LogP contribution >= 0.6 is 0 Å². The van der Waals surface area contributed by atoms with Crippen molar-refractivity contribution in [3.8, 4) is 11.1 Å². The van der Waals surface area contributed by atoms with Crippen LogP contribution in [0.25, 0.3) is 11.1 Å². The summed E-state index contributed by atoms with van der Waals surface area (Å²) in [5.74, 6) is 0. The molecule has 16 heavy (non-hydrogen) atoms. The van der Waals surface area contributed by atoms with Gasteiger partial charge in [-0.25, -0.2) is 0 Å². The largest absolute Gasteiger partial charge is 0.392 e. The maximum absolute atomic E-state index is 9.12. The number of aliphatic hydroxyl groups is 1. The van der Waals surface area contributed by atoms with Crippen LogP contribution < -0.4 is 5.32 Å². The Bertz CT molecular complexity index is 480. The standard InChI is InChI=1S/C14H15NO/c1-15-14-8-3-2-7-13(14)12-6-4-5-11(9-12)10-16/h2-9,15-16H,10H2,1H3. The molecular weight excluding hydrogens is 198 g/mol. The summed E-state index contributed by atoms with van der Waals surface area (Å²) < 4.78 is 0. The maximum atomic E-state index is 9.12. The lowest BCUT2D eigenvalue weighted by Crippen LogP contribution is -1.92. The van der Waals surface area contributed by atoms with E-state index < -0.39 is 0 Å². The van der Waals surface area contributed by atoms with Gasteiger partial charge >= 0.3 is 0 Å². The topological polar surface area (TPSA) is 32.3 Å². The molecule has 0 heterocycles. The Hall–Kier alpha value is -1.80. The molecule has 0 saturated heterocycles. The summed E-state index contributed by atoms with van der Waals surface area (Å²) >= 11 is 0. The van der Waals surface area contributed by atoms with Crippen molar-refractivity contribution in [2.75, 3.05) is 12.4 Å². The van der Waals surface area contributed by atoms with Crippen molar-refractivity contribution in [1.82, 2.24) is 0 Å².